The summed E-state index contributed by atoms with van der Waals surface area (Å²) in [7, 11) is 0. The number of aromatic hydroxyl groups is 1. The Labute approximate surface area is 286 Å². The van der Waals surface area contributed by atoms with Gasteiger partial charge in [-0.25, -0.2) is 4.68 Å². The highest BCUT2D eigenvalue weighted by Gasteiger charge is 2.34. The fourth-order valence-electron chi connectivity index (χ4n) is 7.20. The number of nitrogens with one attached hydrogen (secondary N) is 2. The van der Waals surface area contributed by atoms with E-state index in [1.54, 1.807) is 15.4 Å². The lowest BCUT2D eigenvalue weighted by Crippen LogP contribution is -2.54. The summed E-state index contributed by atoms with van der Waals surface area (Å²) >= 11 is 0. The summed E-state index contributed by atoms with van der Waals surface area (Å²) in [5.74, 6) is 0.268. The van der Waals surface area contributed by atoms with Crippen LogP contribution < -0.4 is 30.9 Å². The largest absolute Gasteiger partial charge is 0.492 e. The van der Waals surface area contributed by atoms with E-state index < -0.39 is 17.6 Å². The molecule has 14 nitrogen and oxygen atoms in total. The second-order valence-electron chi connectivity index (χ2n) is 13.3. The molecule has 50 heavy (non-hydrogen) atoms. The lowest BCUT2D eigenvalue weighted by molar-refractivity contribution is -0.137. The van der Waals surface area contributed by atoms with Gasteiger partial charge >= 0.3 is 6.18 Å². The third-order valence-corrected chi connectivity index (χ3v) is 10.1. The molecule has 7 rings (SSSR count). The van der Waals surface area contributed by atoms with E-state index in [-0.39, 0.29) is 47.1 Å². The topological polar surface area (TPSA) is 141 Å². The Kier molecular flexibility index (Phi) is 8.86. The van der Waals surface area contributed by atoms with Gasteiger partial charge in [-0.2, -0.15) is 27.8 Å². The summed E-state index contributed by atoms with van der Waals surface area (Å²) in [5.41, 5.74) is 1.07. The molecule has 3 fully saturated rings. The minimum Gasteiger partial charge on any atom is -0.492 e. The van der Waals surface area contributed by atoms with E-state index in [4.69, 9.17) is 4.98 Å². The molecule has 0 radical (unpaired) electrons. The summed E-state index contributed by atoms with van der Waals surface area (Å²) in [6, 6.07) is 3.30. The van der Waals surface area contributed by atoms with E-state index in [1.807, 2.05) is 23.6 Å². The van der Waals surface area contributed by atoms with Crippen molar-refractivity contribution < 1.29 is 23.1 Å². The van der Waals surface area contributed by atoms with Gasteiger partial charge in [-0.05, 0) is 63.3 Å². The van der Waals surface area contributed by atoms with E-state index in [2.05, 4.69) is 25.7 Å². The molecule has 1 amide bonds. The van der Waals surface area contributed by atoms with Crippen LogP contribution in [0.3, 0.4) is 0 Å². The Morgan fingerprint density at radius 1 is 1.12 bits per heavy atom. The Hall–Kier alpha value is -4.80. The molecule has 268 valence electrons. The molecule has 3 aliphatic rings. The number of piperazine rings is 2. The number of halogens is 3. The van der Waals surface area contributed by atoms with Crippen molar-refractivity contribution in [2.24, 2.45) is 0 Å². The highest BCUT2D eigenvalue weighted by Crippen LogP contribution is 2.39. The molecule has 1 aliphatic carbocycles. The van der Waals surface area contributed by atoms with Gasteiger partial charge in [0.05, 0.1) is 23.5 Å². The number of hydrogen-bond donors (Lipinski definition) is 3. The number of benzene rings is 1. The molecule has 2 saturated heterocycles. The number of amides is 1. The fourth-order valence-corrected chi connectivity index (χ4v) is 7.20. The average molecular weight is 698 g/mol. The van der Waals surface area contributed by atoms with Crippen LogP contribution in [0.2, 0.25) is 0 Å². The molecule has 3 N–H and O–H groups in total. The van der Waals surface area contributed by atoms with Crippen molar-refractivity contribution in [2.45, 2.75) is 71.3 Å². The predicted molar refractivity (Wildman–Crippen MR) is 182 cm³/mol. The van der Waals surface area contributed by atoms with Crippen molar-refractivity contribution in [3.8, 4) is 5.88 Å². The second kappa shape index (κ2) is 13.2. The van der Waals surface area contributed by atoms with Crippen LogP contribution in [0.5, 0.6) is 5.88 Å². The molecular weight excluding hydrogens is 655 g/mol. The molecule has 17 heteroatoms. The maximum absolute atomic E-state index is 14.3. The fraction of sp³-hybridized carbons (Fsp3) is 0.545. The molecule has 0 spiro atoms. The highest BCUT2D eigenvalue weighted by atomic mass is 19.4. The molecule has 1 saturated carbocycles. The number of aromatic nitrogens is 6. The van der Waals surface area contributed by atoms with Crippen LogP contribution in [0.25, 0.3) is 5.78 Å². The first kappa shape index (κ1) is 33.7. The zero-order chi connectivity index (χ0) is 35.3. The number of hydrogen-bond acceptors (Lipinski definition) is 10. The van der Waals surface area contributed by atoms with Crippen molar-refractivity contribution in [3.05, 3.63) is 51.6 Å². The van der Waals surface area contributed by atoms with E-state index in [9.17, 15) is 27.9 Å². The summed E-state index contributed by atoms with van der Waals surface area (Å²) in [6.45, 7) is 9.40. The van der Waals surface area contributed by atoms with Gasteiger partial charge in [0.25, 0.3) is 5.56 Å². The third-order valence-electron chi connectivity index (χ3n) is 10.1. The zero-order valence-corrected chi connectivity index (χ0v) is 28.4. The number of nitrogens with zero attached hydrogens (tertiary/aromatic N) is 9. The van der Waals surface area contributed by atoms with Crippen LogP contribution in [0.4, 0.5) is 36.2 Å². The number of carbonyl (C=O) groups excluding carboxylic acids is 1. The standard InChI is InChI=1S/C33H42F3N11O3/c1-4-25-28(43-14-15-44(21(3)18-43)26-17-38-46(29(26)49)23-6-5-7-23)30(50)47-32(40-31(41-47)42-12-10-37-11-13-42)45(25)19-27(48)39-24-9-8-22(16-20(24)2)33(34,35)36/h8-9,16-17,21,23,37,49H,4-7,10-15,18-19H2,1-3H3,(H,39,48)/t21-/m1/s1. The van der Waals surface area contributed by atoms with Gasteiger partial charge in [0.1, 0.15) is 17.9 Å². The molecule has 3 aromatic heterocycles. The van der Waals surface area contributed by atoms with Crippen LogP contribution in [-0.4, -0.2) is 91.8 Å². The van der Waals surface area contributed by atoms with Crippen LogP contribution in [-0.2, 0) is 23.9 Å². The normalized spacial score (nSPS) is 18.9. The highest BCUT2D eigenvalue weighted by molar-refractivity contribution is 5.91. The number of alkyl halides is 3. The summed E-state index contributed by atoms with van der Waals surface area (Å²) in [6.07, 6.45) is 0.709. The lowest BCUT2D eigenvalue weighted by atomic mass is 9.93. The van der Waals surface area contributed by atoms with Crippen molar-refractivity contribution >= 4 is 34.7 Å². The third kappa shape index (κ3) is 6.11. The van der Waals surface area contributed by atoms with Crippen molar-refractivity contribution in [1.82, 2.24) is 34.3 Å². The quantitative estimate of drug-likeness (QED) is 0.252. The van der Waals surface area contributed by atoms with E-state index in [1.165, 1.54) is 17.5 Å². The average Bonchev–Trinajstić information content (AvgIpc) is 3.67. The Morgan fingerprint density at radius 2 is 1.88 bits per heavy atom. The van der Waals surface area contributed by atoms with Crippen LogP contribution in [0, 0.1) is 6.92 Å². The summed E-state index contributed by atoms with van der Waals surface area (Å²) in [5, 5.41) is 26.2. The van der Waals surface area contributed by atoms with E-state index in [0.29, 0.717) is 62.2 Å². The maximum atomic E-state index is 14.3. The van der Waals surface area contributed by atoms with Crippen LogP contribution in [0.1, 0.15) is 56.0 Å². The smallest absolute Gasteiger partial charge is 0.416 e. The van der Waals surface area contributed by atoms with Gasteiger partial charge in [-0.1, -0.05) is 6.92 Å². The summed E-state index contributed by atoms with van der Waals surface area (Å²) < 4.78 is 44.5. The Bertz CT molecular complexity index is 1960. The van der Waals surface area contributed by atoms with Crippen LogP contribution >= 0.6 is 0 Å². The van der Waals surface area contributed by atoms with Gasteiger partial charge in [0, 0.05) is 57.5 Å². The maximum Gasteiger partial charge on any atom is 0.416 e. The van der Waals surface area contributed by atoms with Gasteiger partial charge in [-0.15, -0.1) is 5.10 Å². The molecule has 4 aromatic rings. The van der Waals surface area contributed by atoms with Gasteiger partial charge < -0.3 is 35.0 Å². The van der Waals surface area contributed by atoms with E-state index in [0.717, 1.165) is 44.5 Å². The molecule has 1 aromatic carbocycles. The molecule has 0 bridgehead atoms. The first-order chi connectivity index (χ1) is 23.9. The summed E-state index contributed by atoms with van der Waals surface area (Å²) in [4.78, 5) is 38.8. The van der Waals surface area contributed by atoms with Gasteiger partial charge in [-0.3, -0.25) is 9.59 Å². The SMILES string of the molecule is CCc1c(N2CCN(c3cnn(C4CCC4)c3O)[C@H](C)C2)c(=O)n2nc(N3CCNCC3)nc2n1CC(=O)Nc1ccc(C(F)(F)F)cc1C. The zero-order valence-electron chi connectivity index (χ0n) is 28.4. The predicted octanol–water partition coefficient (Wildman–Crippen LogP) is 3.17. The Morgan fingerprint density at radius 3 is 2.52 bits per heavy atom. The molecular formula is C33H42F3N11O3. The first-order valence-corrected chi connectivity index (χ1v) is 17.2. The van der Waals surface area contributed by atoms with Gasteiger partial charge in [0.2, 0.25) is 23.5 Å². The monoisotopic (exact) mass is 697 g/mol. The first-order valence-electron chi connectivity index (χ1n) is 17.2. The molecule has 2 aliphatic heterocycles. The number of fused-ring (bicyclic) bond motifs is 1. The molecule has 5 heterocycles. The minimum atomic E-state index is -4.50. The van der Waals surface area contributed by atoms with Crippen molar-refractivity contribution in [3.63, 3.8) is 0 Å². The number of anilines is 4. The van der Waals surface area contributed by atoms with E-state index >= 15 is 0 Å². The number of aryl methyl sites for hydroxylation is 1. The number of rotatable bonds is 8. The van der Waals surface area contributed by atoms with Crippen molar-refractivity contribution in [1.29, 1.82) is 0 Å². The molecule has 1 atom stereocenters. The van der Waals surface area contributed by atoms with Crippen molar-refractivity contribution in [2.75, 3.05) is 65.8 Å². The lowest BCUT2D eigenvalue weighted by Gasteiger charge is -2.42. The Balaban J connectivity index is 1.22. The molecule has 0 unspecified atom stereocenters. The van der Waals surface area contributed by atoms with Crippen LogP contribution in [0.15, 0.2) is 29.2 Å². The second-order valence-corrected chi connectivity index (χ2v) is 13.3. The van der Waals surface area contributed by atoms with Gasteiger partial charge in [0.15, 0.2) is 0 Å². The number of carbonyl (C=O) groups is 1. The minimum absolute atomic E-state index is 0.0972.